The fourth-order valence-electron chi connectivity index (χ4n) is 2.78. The van der Waals surface area contributed by atoms with Crippen LogP contribution >= 0.6 is 0 Å². The lowest BCUT2D eigenvalue weighted by atomic mass is 9.93. The minimum Gasteiger partial charge on any atom is -0.333 e. The van der Waals surface area contributed by atoms with Gasteiger partial charge in [0.1, 0.15) is 12.1 Å². The Bertz CT molecular complexity index is 742. The fraction of sp³-hybridized carbons (Fsp3) is 0.474. The van der Waals surface area contributed by atoms with E-state index in [0.717, 1.165) is 10.5 Å². The van der Waals surface area contributed by atoms with Crippen molar-refractivity contribution in [3.05, 3.63) is 35.9 Å². The molecule has 0 saturated carbocycles. The Balaban J connectivity index is 1.94. The van der Waals surface area contributed by atoms with Crippen LogP contribution in [0.5, 0.6) is 0 Å². The maximum atomic E-state index is 12.7. The zero-order valence-electron chi connectivity index (χ0n) is 16.1. The summed E-state index contributed by atoms with van der Waals surface area (Å²) in [6, 6.07) is 8.31. The van der Waals surface area contributed by atoms with Crippen LogP contribution in [0.3, 0.4) is 0 Å². The van der Waals surface area contributed by atoms with Gasteiger partial charge in [0.25, 0.3) is 5.91 Å². The lowest BCUT2D eigenvalue weighted by molar-refractivity contribution is -0.134. The normalized spacial score (nSPS) is 19.6. The lowest BCUT2D eigenvalue weighted by Crippen LogP contribution is -2.51. The molecule has 0 aromatic heterocycles. The second-order valence-electron chi connectivity index (χ2n) is 7.89. The average molecular weight is 374 g/mol. The number of hydrogen-bond donors (Lipinski definition) is 3. The molecule has 1 unspecified atom stereocenters. The SMILES string of the molecule is CC(C)(C)NC(=O)NC(=O)CN1C(=O)NC(C)(CCc2ccccc2)C1=O. The van der Waals surface area contributed by atoms with Crippen molar-refractivity contribution in [2.45, 2.75) is 51.6 Å². The van der Waals surface area contributed by atoms with E-state index in [0.29, 0.717) is 12.8 Å². The van der Waals surface area contributed by atoms with Gasteiger partial charge in [-0.1, -0.05) is 30.3 Å². The molecule has 3 N–H and O–H groups in total. The van der Waals surface area contributed by atoms with E-state index >= 15 is 0 Å². The van der Waals surface area contributed by atoms with Crippen molar-refractivity contribution >= 4 is 23.9 Å². The number of carbonyl (C=O) groups excluding carboxylic acids is 4. The number of benzene rings is 1. The number of carbonyl (C=O) groups is 4. The predicted octanol–water partition coefficient (Wildman–Crippen LogP) is 1.55. The van der Waals surface area contributed by atoms with Gasteiger partial charge in [-0.05, 0) is 46.1 Å². The molecular formula is C19H26N4O4. The third-order valence-electron chi connectivity index (χ3n) is 4.14. The fourth-order valence-corrected chi connectivity index (χ4v) is 2.78. The van der Waals surface area contributed by atoms with Crippen molar-refractivity contribution in [1.82, 2.24) is 20.9 Å². The molecule has 1 heterocycles. The molecule has 1 saturated heterocycles. The third-order valence-corrected chi connectivity index (χ3v) is 4.14. The Morgan fingerprint density at radius 3 is 2.37 bits per heavy atom. The van der Waals surface area contributed by atoms with Gasteiger partial charge in [-0.3, -0.25) is 19.8 Å². The maximum Gasteiger partial charge on any atom is 0.325 e. The van der Waals surface area contributed by atoms with E-state index in [-0.39, 0.29) is 0 Å². The van der Waals surface area contributed by atoms with Crippen molar-refractivity contribution in [2.24, 2.45) is 0 Å². The standard InChI is InChI=1S/C19H26N4O4/c1-18(2,3)21-16(26)20-14(24)12-23-15(25)19(4,22-17(23)27)11-10-13-8-6-5-7-9-13/h5-9H,10-12H2,1-4H3,(H,22,27)(H2,20,21,24,26). The number of nitrogens with zero attached hydrogens (tertiary/aromatic N) is 1. The van der Waals surface area contributed by atoms with E-state index in [1.54, 1.807) is 27.7 Å². The molecular weight excluding hydrogens is 348 g/mol. The van der Waals surface area contributed by atoms with Crippen molar-refractivity contribution in [3.63, 3.8) is 0 Å². The summed E-state index contributed by atoms with van der Waals surface area (Å²) in [4.78, 5) is 49.5. The van der Waals surface area contributed by atoms with Gasteiger partial charge in [-0.25, -0.2) is 9.59 Å². The highest BCUT2D eigenvalue weighted by Gasteiger charge is 2.47. The van der Waals surface area contributed by atoms with E-state index in [2.05, 4.69) is 16.0 Å². The molecule has 6 amide bonds. The third kappa shape index (κ3) is 5.54. The van der Waals surface area contributed by atoms with Gasteiger partial charge in [0, 0.05) is 5.54 Å². The molecule has 1 atom stereocenters. The zero-order valence-corrected chi connectivity index (χ0v) is 16.1. The molecule has 1 aromatic carbocycles. The number of rotatable bonds is 5. The highest BCUT2D eigenvalue weighted by atomic mass is 16.2. The molecule has 0 aliphatic carbocycles. The van der Waals surface area contributed by atoms with Crippen LogP contribution in [0.4, 0.5) is 9.59 Å². The minimum atomic E-state index is -1.08. The second-order valence-corrected chi connectivity index (χ2v) is 7.89. The first kappa shape index (κ1) is 20.4. The Labute approximate surface area is 158 Å². The molecule has 0 bridgehead atoms. The van der Waals surface area contributed by atoms with Crippen molar-refractivity contribution in [3.8, 4) is 0 Å². The molecule has 0 radical (unpaired) electrons. The van der Waals surface area contributed by atoms with Gasteiger partial charge in [0.2, 0.25) is 5.91 Å². The predicted molar refractivity (Wildman–Crippen MR) is 99.8 cm³/mol. The number of hydrogen-bond acceptors (Lipinski definition) is 4. The van der Waals surface area contributed by atoms with Crippen LogP contribution in [0.25, 0.3) is 0 Å². The molecule has 1 aliphatic rings. The molecule has 0 spiro atoms. The van der Waals surface area contributed by atoms with Crippen molar-refractivity contribution in [1.29, 1.82) is 0 Å². The zero-order chi connectivity index (χ0) is 20.2. The van der Waals surface area contributed by atoms with Gasteiger partial charge >= 0.3 is 12.1 Å². The molecule has 2 rings (SSSR count). The average Bonchev–Trinajstić information content (AvgIpc) is 2.76. The van der Waals surface area contributed by atoms with Crippen LogP contribution < -0.4 is 16.0 Å². The van der Waals surface area contributed by atoms with E-state index in [1.165, 1.54) is 0 Å². The summed E-state index contributed by atoms with van der Waals surface area (Å²) in [7, 11) is 0. The lowest BCUT2D eigenvalue weighted by Gasteiger charge is -2.22. The highest BCUT2D eigenvalue weighted by molar-refractivity contribution is 6.09. The first-order valence-corrected chi connectivity index (χ1v) is 8.80. The summed E-state index contributed by atoms with van der Waals surface area (Å²) in [5.41, 5.74) is -0.543. The van der Waals surface area contributed by atoms with Gasteiger partial charge in [-0.15, -0.1) is 0 Å². The summed E-state index contributed by atoms with van der Waals surface area (Å²) in [5.74, 6) is -1.21. The van der Waals surface area contributed by atoms with Gasteiger partial charge in [0.15, 0.2) is 0 Å². The molecule has 1 fully saturated rings. The van der Waals surface area contributed by atoms with Gasteiger partial charge < -0.3 is 10.6 Å². The monoisotopic (exact) mass is 374 g/mol. The first-order valence-electron chi connectivity index (χ1n) is 8.80. The summed E-state index contributed by atoms with van der Waals surface area (Å²) in [6.45, 7) is 6.44. The van der Waals surface area contributed by atoms with Crippen LogP contribution in [0.15, 0.2) is 30.3 Å². The highest BCUT2D eigenvalue weighted by Crippen LogP contribution is 2.23. The Morgan fingerprint density at radius 1 is 1.15 bits per heavy atom. The molecule has 1 aromatic rings. The van der Waals surface area contributed by atoms with E-state index in [9.17, 15) is 19.2 Å². The molecule has 1 aliphatic heterocycles. The summed E-state index contributed by atoms with van der Waals surface area (Å²) in [5, 5.41) is 7.36. The van der Waals surface area contributed by atoms with E-state index < -0.39 is 41.5 Å². The first-order chi connectivity index (χ1) is 12.5. The smallest absolute Gasteiger partial charge is 0.325 e. The molecule has 27 heavy (non-hydrogen) atoms. The molecule has 146 valence electrons. The van der Waals surface area contributed by atoms with E-state index in [1.807, 2.05) is 30.3 Å². The summed E-state index contributed by atoms with van der Waals surface area (Å²) < 4.78 is 0. The number of nitrogens with one attached hydrogen (secondary N) is 3. The van der Waals surface area contributed by atoms with Crippen LogP contribution in [0, 0.1) is 0 Å². The van der Waals surface area contributed by atoms with Crippen molar-refractivity contribution in [2.75, 3.05) is 6.54 Å². The van der Waals surface area contributed by atoms with Gasteiger partial charge in [0.05, 0.1) is 0 Å². The van der Waals surface area contributed by atoms with Crippen LogP contribution in [0.1, 0.15) is 39.7 Å². The number of aryl methyl sites for hydroxylation is 1. The largest absolute Gasteiger partial charge is 0.333 e. The maximum absolute atomic E-state index is 12.7. The van der Waals surface area contributed by atoms with Crippen LogP contribution in [0.2, 0.25) is 0 Å². The Morgan fingerprint density at radius 2 is 1.78 bits per heavy atom. The molecule has 8 nitrogen and oxygen atoms in total. The minimum absolute atomic E-state index is 0.407. The number of urea groups is 2. The van der Waals surface area contributed by atoms with Gasteiger partial charge in [-0.2, -0.15) is 0 Å². The van der Waals surface area contributed by atoms with Crippen LogP contribution in [-0.4, -0.2) is 46.4 Å². The number of imide groups is 2. The van der Waals surface area contributed by atoms with Crippen LogP contribution in [-0.2, 0) is 16.0 Å². The quantitative estimate of drug-likeness (QED) is 0.680. The number of amides is 6. The Kier molecular flexibility index (Phi) is 5.88. The Hall–Kier alpha value is -2.90. The second kappa shape index (κ2) is 7.77. The van der Waals surface area contributed by atoms with E-state index in [4.69, 9.17) is 0 Å². The topological polar surface area (TPSA) is 108 Å². The molecule has 8 heteroatoms. The summed E-state index contributed by atoms with van der Waals surface area (Å²) >= 11 is 0. The van der Waals surface area contributed by atoms with Crippen molar-refractivity contribution < 1.29 is 19.2 Å². The summed E-state index contributed by atoms with van der Waals surface area (Å²) in [6.07, 6.45) is 1.02.